The fourth-order valence-electron chi connectivity index (χ4n) is 1.83. The molecule has 0 unspecified atom stereocenters. The summed E-state index contributed by atoms with van der Waals surface area (Å²) in [7, 11) is 0. The minimum Gasteiger partial charge on any atom is -0.351 e. The summed E-state index contributed by atoms with van der Waals surface area (Å²) in [5.41, 5.74) is 5.51. The van der Waals surface area contributed by atoms with E-state index in [0.717, 1.165) is 11.8 Å². The normalized spacial score (nSPS) is 24.5. The Balaban J connectivity index is 1.85. The second-order valence-electron chi connectivity index (χ2n) is 4.50. The Labute approximate surface area is 79.1 Å². The van der Waals surface area contributed by atoms with Gasteiger partial charge in [0.25, 0.3) is 0 Å². The van der Waals surface area contributed by atoms with Gasteiger partial charge in [-0.25, -0.2) is 0 Å². The Hall–Kier alpha value is -0.570. The van der Waals surface area contributed by atoms with Crippen LogP contribution in [0.3, 0.4) is 0 Å². The SMILES string of the molecule is C[C@@H](N)C(=O)NC(C1CC1)C1CC1. The van der Waals surface area contributed by atoms with Gasteiger partial charge >= 0.3 is 0 Å². The lowest BCUT2D eigenvalue weighted by atomic mass is 10.1. The van der Waals surface area contributed by atoms with Crippen LogP contribution in [0.4, 0.5) is 0 Å². The predicted octanol–water partition coefficient (Wildman–Crippen LogP) is 0.638. The molecule has 1 amide bonds. The lowest BCUT2D eigenvalue weighted by Crippen LogP contribution is -2.45. The van der Waals surface area contributed by atoms with E-state index in [1.165, 1.54) is 25.7 Å². The first kappa shape index (κ1) is 9.00. The lowest BCUT2D eigenvalue weighted by molar-refractivity contribution is -0.123. The van der Waals surface area contributed by atoms with Gasteiger partial charge in [-0.15, -0.1) is 0 Å². The Morgan fingerprint density at radius 1 is 1.31 bits per heavy atom. The molecule has 2 fully saturated rings. The number of hydrogen-bond donors (Lipinski definition) is 2. The zero-order valence-electron chi connectivity index (χ0n) is 8.12. The van der Waals surface area contributed by atoms with Crippen LogP contribution in [0.5, 0.6) is 0 Å². The highest BCUT2D eigenvalue weighted by atomic mass is 16.2. The molecule has 3 N–H and O–H groups in total. The molecule has 3 heteroatoms. The number of carbonyl (C=O) groups is 1. The smallest absolute Gasteiger partial charge is 0.236 e. The maximum Gasteiger partial charge on any atom is 0.236 e. The van der Waals surface area contributed by atoms with Crippen molar-refractivity contribution in [3.05, 3.63) is 0 Å². The van der Waals surface area contributed by atoms with E-state index >= 15 is 0 Å². The number of amides is 1. The standard InChI is InChI=1S/C10H18N2O/c1-6(11)10(13)12-9(7-2-3-7)8-4-5-8/h6-9H,2-5,11H2,1H3,(H,12,13)/t6-/m1/s1. The van der Waals surface area contributed by atoms with E-state index in [-0.39, 0.29) is 11.9 Å². The molecule has 0 aromatic heterocycles. The van der Waals surface area contributed by atoms with Crippen molar-refractivity contribution in [1.82, 2.24) is 5.32 Å². The van der Waals surface area contributed by atoms with Crippen molar-refractivity contribution in [2.75, 3.05) is 0 Å². The number of carbonyl (C=O) groups excluding carboxylic acids is 1. The highest BCUT2D eigenvalue weighted by Crippen LogP contribution is 2.44. The third kappa shape index (κ3) is 2.21. The molecule has 0 aromatic carbocycles. The van der Waals surface area contributed by atoms with Crippen molar-refractivity contribution in [3.63, 3.8) is 0 Å². The maximum absolute atomic E-state index is 11.4. The van der Waals surface area contributed by atoms with E-state index in [4.69, 9.17) is 5.73 Å². The monoisotopic (exact) mass is 182 g/mol. The second kappa shape index (κ2) is 3.29. The van der Waals surface area contributed by atoms with Crippen molar-refractivity contribution in [2.45, 2.75) is 44.7 Å². The number of hydrogen-bond acceptors (Lipinski definition) is 2. The van der Waals surface area contributed by atoms with Gasteiger partial charge in [-0.05, 0) is 44.4 Å². The van der Waals surface area contributed by atoms with Crippen LogP contribution in [0.15, 0.2) is 0 Å². The molecule has 0 saturated heterocycles. The molecule has 74 valence electrons. The fraction of sp³-hybridized carbons (Fsp3) is 0.900. The van der Waals surface area contributed by atoms with Crippen molar-refractivity contribution >= 4 is 5.91 Å². The number of nitrogens with one attached hydrogen (secondary N) is 1. The van der Waals surface area contributed by atoms with Gasteiger partial charge < -0.3 is 11.1 Å². The molecule has 2 aliphatic rings. The van der Waals surface area contributed by atoms with Crippen LogP contribution in [0, 0.1) is 11.8 Å². The van der Waals surface area contributed by atoms with Crippen molar-refractivity contribution < 1.29 is 4.79 Å². The largest absolute Gasteiger partial charge is 0.351 e. The van der Waals surface area contributed by atoms with Crippen LogP contribution in [-0.4, -0.2) is 18.0 Å². The molecule has 0 aromatic rings. The van der Waals surface area contributed by atoms with E-state index in [1.807, 2.05) is 0 Å². The van der Waals surface area contributed by atoms with Gasteiger partial charge in [0.2, 0.25) is 5.91 Å². The molecule has 0 heterocycles. The first-order valence-corrected chi connectivity index (χ1v) is 5.24. The van der Waals surface area contributed by atoms with Gasteiger partial charge in [-0.1, -0.05) is 0 Å². The summed E-state index contributed by atoms with van der Waals surface area (Å²) < 4.78 is 0. The van der Waals surface area contributed by atoms with E-state index < -0.39 is 0 Å². The average molecular weight is 182 g/mol. The second-order valence-corrected chi connectivity index (χ2v) is 4.50. The molecule has 0 radical (unpaired) electrons. The molecule has 2 saturated carbocycles. The summed E-state index contributed by atoms with van der Waals surface area (Å²) in [5.74, 6) is 1.54. The number of nitrogens with two attached hydrogens (primary N) is 1. The zero-order valence-corrected chi connectivity index (χ0v) is 8.12. The third-order valence-corrected chi connectivity index (χ3v) is 2.98. The van der Waals surface area contributed by atoms with Crippen LogP contribution < -0.4 is 11.1 Å². The van der Waals surface area contributed by atoms with Crippen molar-refractivity contribution in [1.29, 1.82) is 0 Å². The van der Waals surface area contributed by atoms with Gasteiger partial charge in [-0.2, -0.15) is 0 Å². The summed E-state index contributed by atoms with van der Waals surface area (Å²) in [6, 6.07) is 0.0819. The Morgan fingerprint density at radius 2 is 1.77 bits per heavy atom. The summed E-state index contributed by atoms with van der Waals surface area (Å²) >= 11 is 0. The van der Waals surface area contributed by atoms with Crippen LogP contribution in [0.1, 0.15) is 32.6 Å². The lowest BCUT2D eigenvalue weighted by Gasteiger charge is -2.18. The first-order valence-electron chi connectivity index (χ1n) is 5.24. The zero-order chi connectivity index (χ0) is 9.42. The quantitative estimate of drug-likeness (QED) is 0.670. The molecule has 0 spiro atoms. The Bertz CT molecular complexity index is 195. The van der Waals surface area contributed by atoms with Crippen molar-refractivity contribution in [2.24, 2.45) is 17.6 Å². The molecule has 2 aliphatic carbocycles. The van der Waals surface area contributed by atoms with Crippen molar-refractivity contribution in [3.8, 4) is 0 Å². The maximum atomic E-state index is 11.4. The van der Waals surface area contributed by atoms with E-state index in [0.29, 0.717) is 6.04 Å². The van der Waals surface area contributed by atoms with Gasteiger partial charge in [0.05, 0.1) is 6.04 Å². The average Bonchev–Trinajstić information content (AvgIpc) is 2.90. The summed E-state index contributed by atoms with van der Waals surface area (Å²) in [6.45, 7) is 1.74. The molecule has 1 atom stereocenters. The molecular weight excluding hydrogens is 164 g/mol. The molecule has 2 rings (SSSR count). The topological polar surface area (TPSA) is 55.1 Å². The highest BCUT2D eigenvalue weighted by Gasteiger charge is 2.42. The van der Waals surface area contributed by atoms with E-state index in [2.05, 4.69) is 5.32 Å². The Morgan fingerprint density at radius 3 is 2.08 bits per heavy atom. The molecule has 0 bridgehead atoms. The van der Waals surface area contributed by atoms with Crippen LogP contribution in [0.2, 0.25) is 0 Å². The van der Waals surface area contributed by atoms with E-state index in [1.54, 1.807) is 6.92 Å². The molecule has 13 heavy (non-hydrogen) atoms. The van der Waals surface area contributed by atoms with Crippen LogP contribution >= 0.6 is 0 Å². The van der Waals surface area contributed by atoms with Crippen LogP contribution in [-0.2, 0) is 4.79 Å². The predicted molar refractivity (Wildman–Crippen MR) is 51.0 cm³/mol. The van der Waals surface area contributed by atoms with E-state index in [9.17, 15) is 4.79 Å². The summed E-state index contributed by atoms with van der Waals surface area (Å²) in [6.07, 6.45) is 5.17. The minimum absolute atomic E-state index is 0.0174. The first-order chi connectivity index (χ1) is 6.18. The highest BCUT2D eigenvalue weighted by molar-refractivity contribution is 5.81. The minimum atomic E-state index is -0.361. The van der Waals surface area contributed by atoms with Gasteiger partial charge in [0, 0.05) is 6.04 Å². The molecule has 0 aliphatic heterocycles. The summed E-state index contributed by atoms with van der Waals surface area (Å²) in [5, 5.41) is 3.08. The Kier molecular flexibility index (Phi) is 2.28. The third-order valence-electron chi connectivity index (χ3n) is 2.98. The van der Waals surface area contributed by atoms with Gasteiger partial charge in [0.1, 0.15) is 0 Å². The van der Waals surface area contributed by atoms with Gasteiger partial charge in [0.15, 0.2) is 0 Å². The number of rotatable bonds is 4. The summed E-state index contributed by atoms with van der Waals surface area (Å²) in [4.78, 5) is 11.4. The van der Waals surface area contributed by atoms with Gasteiger partial charge in [-0.3, -0.25) is 4.79 Å². The van der Waals surface area contributed by atoms with Crippen LogP contribution in [0.25, 0.3) is 0 Å². The fourth-order valence-corrected chi connectivity index (χ4v) is 1.83. The molecule has 3 nitrogen and oxygen atoms in total. The molecular formula is C10H18N2O.